The lowest BCUT2D eigenvalue weighted by Crippen LogP contribution is -2.30. The minimum Gasteiger partial charge on any atom is -0.481 e. The number of para-hydroxylation sites is 1. The van der Waals surface area contributed by atoms with Crippen molar-refractivity contribution in [3.8, 4) is 5.75 Å². The summed E-state index contributed by atoms with van der Waals surface area (Å²) in [5.41, 5.74) is 3.56. The largest absolute Gasteiger partial charge is 0.481 e. The molecular formula is C24H23ClN2O3. The number of benzene rings is 3. The summed E-state index contributed by atoms with van der Waals surface area (Å²) in [5.74, 6) is -0.0646. The molecule has 2 N–H and O–H groups in total. The summed E-state index contributed by atoms with van der Waals surface area (Å²) in [6.45, 7) is 5.58. The molecular weight excluding hydrogens is 400 g/mol. The molecule has 0 aliphatic carbocycles. The van der Waals surface area contributed by atoms with Gasteiger partial charge in [0.05, 0.1) is 10.7 Å². The number of nitrogens with one attached hydrogen (secondary N) is 2. The van der Waals surface area contributed by atoms with Gasteiger partial charge in [-0.15, -0.1) is 0 Å². The Morgan fingerprint density at radius 3 is 2.37 bits per heavy atom. The quantitative estimate of drug-likeness (QED) is 0.542. The predicted molar refractivity (Wildman–Crippen MR) is 120 cm³/mol. The smallest absolute Gasteiger partial charge is 0.265 e. The zero-order valence-electron chi connectivity index (χ0n) is 17.0. The highest BCUT2D eigenvalue weighted by molar-refractivity contribution is 6.34. The number of aryl methyl sites for hydroxylation is 1. The van der Waals surface area contributed by atoms with E-state index in [1.165, 1.54) is 0 Å². The maximum absolute atomic E-state index is 12.7. The summed E-state index contributed by atoms with van der Waals surface area (Å²) in [5, 5.41) is 5.97. The van der Waals surface area contributed by atoms with Crippen molar-refractivity contribution < 1.29 is 14.3 Å². The molecule has 30 heavy (non-hydrogen) atoms. The number of halogens is 1. The molecule has 1 atom stereocenters. The fourth-order valence-corrected chi connectivity index (χ4v) is 3.00. The number of hydrogen-bond acceptors (Lipinski definition) is 3. The van der Waals surface area contributed by atoms with Gasteiger partial charge in [0.1, 0.15) is 5.75 Å². The normalized spacial score (nSPS) is 11.5. The molecule has 3 aromatic rings. The van der Waals surface area contributed by atoms with Crippen LogP contribution in [0.4, 0.5) is 11.4 Å². The van der Waals surface area contributed by atoms with Gasteiger partial charge in [0.15, 0.2) is 6.10 Å². The van der Waals surface area contributed by atoms with Crippen LogP contribution in [0.2, 0.25) is 5.02 Å². The second-order valence-electron chi connectivity index (χ2n) is 6.96. The van der Waals surface area contributed by atoms with Gasteiger partial charge in [0, 0.05) is 11.3 Å². The number of anilines is 2. The molecule has 0 aliphatic rings. The second-order valence-corrected chi connectivity index (χ2v) is 7.37. The lowest BCUT2D eigenvalue weighted by molar-refractivity contribution is -0.122. The molecule has 3 aromatic carbocycles. The van der Waals surface area contributed by atoms with Gasteiger partial charge in [-0.3, -0.25) is 9.59 Å². The highest BCUT2D eigenvalue weighted by Gasteiger charge is 2.18. The summed E-state index contributed by atoms with van der Waals surface area (Å²) in [6.07, 6.45) is -0.740. The van der Waals surface area contributed by atoms with Crippen LogP contribution < -0.4 is 15.4 Å². The molecule has 0 unspecified atom stereocenters. The van der Waals surface area contributed by atoms with Gasteiger partial charge in [-0.25, -0.2) is 0 Å². The van der Waals surface area contributed by atoms with Crippen molar-refractivity contribution in [2.75, 3.05) is 10.6 Å². The van der Waals surface area contributed by atoms with Crippen LogP contribution in [0.15, 0.2) is 66.7 Å². The van der Waals surface area contributed by atoms with E-state index < -0.39 is 6.10 Å². The maximum Gasteiger partial charge on any atom is 0.265 e. The number of carbonyl (C=O) groups excluding carboxylic acids is 2. The topological polar surface area (TPSA) is 67.4 Å². The molecule has 3 rings (SSSR count). The Morgan fingerprint density at radius 2 is 1.63 bits per heavy atom. The van der Waals surface area contributed by atoms with E-state index in [1.807, 2.05) is 50.2 Å². The average molecular weight is 423 g/mol. The first-order valence-electron chi connectivity index (χ1n) is 9.55. The van der Waals surface area contributed by atoms with E-state index in [0.29, 0.717) is 22.0 Å². The molecule has 0 spiro atoms. The molecule has 5 nitrogen and oxygen atoms in total. The Kier molecular flexibility index (Phi) is 6.75. The van der Waals surface area contributed by atoms with Crippen LogP contribution in [-0.4, -0.2) is 17.9 Å². The minimum absolute atomic E-state index is 0.288. The van der Waals surface area contributed by atoms with E-state index in [-0.39, 0.29) is 11.8 Å². The predicted octanol–water partition coefficient (Wildman–Crippen LogP) is 5.62. The van der Waals surface area contributed by atoms with Crippen molar-refractivity contribution in [3.63, 3.8) is 0 Å². The van der Waals surface area contributed by atoms with Crippen LogP contribution >= 0.6 is 11.6 Å². The van der Waals surface area contributed by atoms with Crippen molar-refractivity contribution in [2.24, 2.45) is 0 Å². The van der Waals surface area contributed by atoms with Gasteiger partial charge in [0.25, 0.3) is 11.8 Å². The minimum atomic E-state index is -0.740. The highest BCUT2D eigenvalue weighted by atomic mass is 35.5. The van der Waals surface area contributed by atoms with Gasteiger partial charge in [-0.2, -0.15) is 0 Å². The number of ether oxygens (including phenoxy) is 1. The van der Waals surface area contributed by atoms with E-state index in [4.69, 9.17) is 16.3 Å². The molecule has 0 aliphatic heterocycles. The fraction of sp³-hybridized carbons (Fsp3) is 0.167. The number of carbonyl (C=O) groups is 2. The van der Waals surface area contributed by atoms with Gasteiger partial charge in [-0.1, -0.05) is 41.9 Å². The average Bonchev–Trinajstić information content (AvgIpc) is 2.73. The SMILES string of the molecule is Cc1cccc(NC(=O)c2ccc(Cl)c(NC(=O)[C@H](C)Oc3ccccc3)c2)c1C. The van der Waals surface area contributed by atoms with E-state index in [1.54, 1.807) is 37.3 Å². The molecule has 0 bridgehead atoms. The van der Waals surface area contributed by atoms with Crippen LogP contribution in [0.25, 0.3) is 0 Å². The Hall–Kier alpha value is -3.31. The van der Waals surface area contributed by atoms with Crippen LogP contribution in [-0.2, 0) is 4.79 Å². The van der Waals surface area contributed by atoms with Crippen molar-refractivity contribution in [1.29, 1.82) is 0 Å². The maximum atomic E-state index is 12.7. The summed E-state index contributed by atoms with van der Waals surface area (Å²) in [7, 11) is 0. The van der Waals surface area contributed by atoms with Crippen LogP contribution in [0, 0.1) is 13.8 Å². The standard InChI is InChI=1S/C24H23ClN2O3/c1-15-8-7-11-21(16(15)2)26-24(29)18-12-13-20(25)22(14-18)27-23(28)17(3)30-19-9-5-4-6-10-19/h4-14,17H,1-3H3,(H,26,29)(H,27,28)/t17-/m0/s1. The van der Waals surface area contributed by atoms with E-state index in [0.717, 1.165) is 16.8 Å². The lowest BCUT2D eigenvalue weighted by atomic mass is 10.1. The van der Waals surface area contributed by atoms with Crippen molar-refractivity contribution in [3.05, 3.63) is 88.4 Å². The molecule has 0 saturated heterocycles. The monoisotopic (exact) mass is 422 g/mol. The van der Waals surface area contributed by atoms with Gasteiger partial charge < -0.3 is 15.4 Å². The van der Waals surface area contributed by atoms with Crippen LogP contribution in [0.3, 0.4) is 0 Å². The second kappa shape index (κ2) is 9.46. The molecule has 2 amide bonds. The molecule has 0 fully saturated rings. The first kappa shape index (κ1) is 21.4. The zero-order valence-corrected chi connectivity index (χ0v) is 17.8. The third-order valence-corrected chi connectivity index (χ3v) is 5.09. The Balaban J connectivity index is 1.72. The fourth-order valence-electron chi connectivity index (χ4n) is 2.83. The summed E-state index contributed by atoms with van der Waals surface area (Å²) < 4.78 is 5.63. The highest BCUT2D eigenvalue weighted by Crippen LogP contribution is 2.25. The van der Waals surface area contributed by atoms with Crippen LogP contribution in [0.1, 0.15) is 28.4 Å². The third-order valence-electron chi connectivity index (χ3n) is 4.76. The van der Waals surface area contributed by atoms with Crippen LogP contribution in [0.5, 0.6) is 5.75 Å². The van der Waals surface area contributed by atoms with Crippen molar-refractivity contribution in [2.45, 2.75) is 26.9 Å². The Labute approximate surface area is 181 Å². The first-order chi connectivity index (χ1) is 14.3. The first-order valence-corrected chi connectivity index (χ1v) is 9.92. The van der Waals surface area contributed by atoms with E-state index >= 15 is 0 Å². The number of amides is 2. The van der Waals surface area contributed by atoms with Gasteiger partial charge in [-0.05, 0) is 68.3 Å². The Bertz CT molecular complexity index is 1070. The number of rotatable bonds is 6. The molecule has 6 heteroatoms. The molecule has 0 heterocycles. The van der Waals surface area contributed by atoms with Crippen molar-refractivity contribution in [1.82, 2.24) is 0 Å². The summed E-state index contributed by atoms with van der Waals surface area (Å²) >= 11 is 6.23. The molecule has 154 valence electrons. The van der Waals surface area contributed by atoms with E-state index in [2.05, 4.69) is 10.6 Å². The zero-order chi connectivity index (χ0) is 21.7. The summed E-state index contributed by atoms with van der Waals surface area (Å²) in [6, 6.07) is 19.5. The summed E-state index contributed by atoms with van der Waals surface area (Å²) in [4.78, 5) is 25.2. The lowest BCUT2D eigenvalue weighted by Gasteiger charge is -2.16. The van der Waals surface area contributed by atoms with Gasteiger partial charge in [0.2, 0.25) is 0 Å². The third kappa shape index (κ3) is 5.19. The van der Waals surface area contributed by atoms with Crippen molar-refractivity contribution >= 4 is 34.8 Å². The van der Waals surface area contributed by atoms with E-state index in [9.17, 15) is 9.59 Å². The molecule has 0 saturated carbocycles. The Morgan fingerprint density at radius 1 is 0.900 bits per heavy atom. The molecule has 0 aromatic heterocycles. The molecule has 0 radical (unpaired) electrons. The number of hydrogen-bond donors (Lipinski definition) is 2. The van der Waals surface area contributed by atoms with Gasteiger partial charge >= 0.3 is 0 Å².